The van der Waals surface area contributed by atoms with Crippen LogP contribution in [0, 0.1) is 13.8 Å². The SMILES string of the molecule is Cc1ccc(NS(=O)(=O)c2cc(-c3noc(C4CCCC4)n3)cs2)c(C)c1. The minimum absolute atomic E-state index is 0.227. The van der Waals surface area contributed by atoms with E-state index in [-0.39, 0.29) is 4.21 Å². The lowest BCUT2D eigenvalue weighted by Crippen LogP contribution is -2.12. The number of sulfonamides is 1. The third-order valence-electron chi connectivity index (χ3n) is 4.87. The van der Waals surface area contributed by atoms with Crippen molar-refractivity contribution in [1.82, 2.24) is 10.1 Å². The molecule has 0 spiro atoms. The molecule has 1 saturated carbocycles. The minimum Gasteiger partial charge on any atom is -0.339 e. The van der Waals surface area contributed by atoms with Gasteiger partial charge in [-0.25, -0.2) is 8.42 Å². The number of hydrogen-bond acceptors (Lipinski definition) is 6. The van der Waals surface area contributed by atoms with Gasteiger partial charge in [0.05, 0.1) is 5.69 Å². The van der Waals surface area contributed by atoms with Crippen LogP contribution in [-0.2, 0) is 10.0 Å². The van der Waals surface area contributed by atoms with Crippen LogP contribution in [-0.4, -0.2) is 18.6 Å². The van der Waals surface area contributed by atoms with Crippen molar-refractivity contribution >= 4 is 27.0 Å². The van der Waals surface area contributed by atoms with E-state index >= 15 is 0 Å². The second kappa shape index (κ2) is 7.09. The molecule has 142 valence electrons. The lowest BCUT2D eigenvalue weighted by molar-refractivity contribution is 0.354. The van der Waals surface area contributed by atoms with E-state index in [0.717, 1.165) is 35.3 Å². The number of nitrogens with zero attached hydrogens (tertiary/aromatic N) is 2. The van der Waals surface area contributed by atoms with Gasteiger partial charge in [0.25, 0.3) is 10.0 Å². The largest absolute Gasteiger partial charge is 0.339 e. The summed E-state index contributed by atoms with van der Waals surface area (Å²) in [5.41, 5.74) is 3.21. The molecule has 0 saturated heterocycles. The lowest BCUT2D eigenvalue weighted by Gasteiger charge is -2.09. The Morgan fingerprint density at radius 2 is 1.96 bits per heavy atom. The average molecular weight is 404 g/mol. The summed E-state index contributed by atoms with van der Waals surface area (Å²) in [5.74, 6) is 1.44. The second-order valence-corrected chi connectivity index (χ2v) is 9.84. The number of rotatable bonds is 5. The normalized spacial score (nSPS) is 15.3. The molecular weight excluding hydrogens is 382 g/mol. The molecule has 1 N–H and O–H groups in total. The highest BCUT2D eigenvalue weighted by molar-refractivity contribution is 7.94. The van der Waals surface area contributed by atoms with Gasteiger partial charge in [0.15, 0.2) is 0 Å². The summed E-state index contributed by atoms with van der Waals surface area (Å²) in [6.07, 6.45) is 4.52. The van der Waals surface area contributed by atoms with Crippen molar-refractivity contribution in [3.8, 4) is 11.4 Å². The predicted molar refractivity (Wildman–Crippen MR) is 106 cm³/mol. The van der Waals surface area contributed by atoms with Crippen LogP contribution >= 0.6 is 11.3 Å². The number of hydrogen-bond donors (Lipinski definition) is 1. The summed E-state index contributed by atoms with van der Waals surface area (Å²) in [6, 6.07) is 7.21. The van der Waals surface area contributed by atoms with Crippen LogP contribution in [0.2, 0.25) is 0 Å². The van der Waals surface area contributed by atoms with Crippen molar-refractivity contribution in [2.24, 2.45) is 0 Å². The monoisotopic (exact) mass is 403 g/mol. The number of anilines is 1. The standard InChI is InChI=1S/C19H21N3O3S2/c1-12-7-8-16(13(2)9-12)22-27(23,24)17-10-15(11-26-17)18-20-19(25-21-18)14-5-3-4-6-14/h7-11,14,22H,3-6H2,1-2H3. The summed E-state index contributed by atoms with van der Waals surface area (Å²) < 4.78 is 33.8. The Kier molecular flexibility index (Phi) is 4.77. The van der Waals surface area contributed by atoms with Crippen LogP contribution in [0.3, 0.4) is 0 Å². The maximum atomic E-state index is 12.7. The molecule has 1 aliphatic carbocycles. The zero-order valence-electron chi connectivity index (χ0n) is 15.2. The molecule has 1 aromatic carbocycles. The smallest absolute Gasteiger partial charge is 0.271 e. The highest BCUT2D eigenvalue weighted by atomic mass is 32.2. The molecule has 0 atom stereocenters. The molecule has 27 heavy (non-hydrogen) atoms. The Bertz CT molecular complexity index is 1060. The molecule has 0 bridgehead atoms. The number of nitrogens with one attached hydrogen (secondary N) is 1. The summed E-state index contributed by atoms with van der Waals surface area (Å²) >= 11 is 1.15. The van der Waals surface area contributed by atoms with Crippen LogP contribution in [0.1, 0.15) is 48.6 Å². The first kappa shape index (κ1) is 18.2. The first-order valence-corrected chi connectivity index (χ1v) is 11.3. The van der Waals surface area contributed by atoms with E-state index in [0.29, 0.717) is 28.9 Å². The first-order valence-electron chi connectivity index (χ1n) is 8.95. The van der Waals surface area contributed by atoms with E-state index in [1.807, 2.05) is 26.0 Å². The van der Waals surface area contributed by atoms with Crippen molar-refractivity contribution in [1.29, 1.82) is 0 Å². The van der Waals surface area contributed by atoms with Crippen LogP contribution in [0.4, 0.5) is 5.69 Å². The summed E-state index contributed by atoms with van der Waals surface area (Å²) in [5, 5.41) is 5.79. The van der Waals surface area contributed by atoms with Gasteiger partial charge in [-0.15, -0.1) is 11.3 Å². The molecule has 1 aliphatic rings. The predicted octanol–water partition coefficient (Wildman–Crippen LogP) is 4.87. The zero-order chi connectivity index (χ0) is 19.0. The van der Waals surface area contributed by atoms with E-state index in [4.69, 9.17) is 4.52 Å². The fraction of sp³-hybridized carbons (Fsp3) is 0.368. The minimum atomic E-state index is -3.66. The van der Waals surface area contributed by atoms with Crippen LogP contribution in [0.15, 0.2) is 38.4 Å². The lowest BCUT2D eigenvalue weighted by atomic mass is 10.1. The van der Waals surface area contributed by atoms with Crippen molar-refractivity contribution in [2.45, 2.75) is 49.7 Å². The fourth-order valence-electron chi connectivity index (χ4n) is 3.39. The first-order chi connectivity index (χ1) is 12.9. The fourth-order valence-corrected chi connectivity index (χ4v) is 5.68. The maximum Gasteiger partial charge on any atom is 0.271 e. The summed E-state index contributed by atoms with van der Waals surface area (Å²) in [6.45, 7) is 3.86. The number of aromatic nitrogens is 2. The number of aryl methyl sites for hydroxylation is 2. The molecule has 0 aliphatic heterocycles. The number of thiophene rings is 1. The maximum absolute atomic E-state index is 12.7. The van der Waals surface area contributed by atoms with Crippen molar-refractivity contribution in [3.63, 3.8) is 0 Å². The molecule has 2 heterocycles. The topological polar surface area (TPSA) is 85.1 Å². The van der Waals surface area contributed by atoms with Crippen molar-refractivity contribution in [3.05, 3.63) is 46.7 Å². The molecule has 8 heteroatoms. The van der Waals surface area contributed by atoms with Crippen molar-refractivity contribution in [2.75, 3.05) is 4.72 Å². The summed E-state index contributed by atoms with van der Waals surface area (Å²) in [7, 11) is -3.66. The second-order valence-electron chi connectivity index (χ2n) is 7.02. The van der Waals surface area contributed by atoms with E-state index in [9.17, 15) is 8.42 Å². The van der Waals surface area contributed by atoms with Crippen molar-refractivity contribution < 1.29 is 12.9 Å². The average Bonchev–Trinajstić information content (AvgIpc) is 3.37. The van der Waals surface area contributed by atoms with Gasteiger partial charge in [-0.3, -0.25) is 4.72 Å². The molecule has 0 amide bonds. The Labute approximate surface area is 162 Å². The molecule has 3 aromatic rings. The van der Waals surface area contributed by atoms with E-state index < -0.39 is 10.0 Å². The van der Waals surface area contributed by atoms with Crippen LogP contribution < -0.4 is 4.72 Å². The van der Waals surface area contributed by atoms with E-state index in [1.54, 1.807) is 17.5 Å². The Balaban J connectivity index is 1.56. The van der Waals surface area contributed by atoms with Crippen LogP contribution in [0.25, 0.3) is 11.4 Å². The van der Waals surface area contributed by atoms with Gasteiger partial charge >= 0.3 is 0 Å². The molecule has 6 nitrogen and oxygen atoms in total. The molecular formula is C19H21N3O3S2. The third kappa shape index (κ3) is 3.77. The van der Waals surface area contributed by atoms with Gasteiger partial charge in [-0.2, -0.15) is 4.98 Å². The van der Waals surface area contributed by atoms with Gasteiger partial charge in [0.2, 0.25) is 11.7 Å². The van der Waals surface area contributed by atoms with Gasteiger partial charge in [-0.1, -0.05) is 35.7 Å². The number of benzene rings is 1. The van der Waals surface area contributed by atoms with E-state index in [1.165, 1.54) is 12.8 Å². The Morgan fingerprint density at radius 1 is 1.19 bits per heavy atom. The van der Waals surface area contributed by atoms with Gasteiger partial charge in [0, 0.05) is 16.9 Å². The summed E-state index contributed by atoms with van der Waals surface area (Å²) in [4.78, 5) is 4.48. The Hall–Kier alpha value is -2.19. The molecule has 4 rings (SSSR count). The van der Waals surface area contributed by atoms with Gasteiger partial charge < -0.3 is 4.52 Å². The van der Waals surface area contributed by atoms with Gasteiger partial charge in [-0.05, 0) is 44.4 Å². The van der Waals surface area contributed by atoms with Gasteiger partial charge in [0.1, 0.15) is 4.21 Å². The molecule has 2 aromatic heterocycles. The highest BCUT2D eigenvalue weighted by Gasteiger charge is 2.24. The Morgan fingerprint density at radius 3 is 2.70 bits per heavy atom. The quantitative estimate of drug-likeness (QED) is 0.657. The van der Waals surface area contributed by atoms with Crippen LogP contribution in [0.5, 0.6) is 0 Å². The molecule has 0 radical (unpaired) electrons. The van der Waals surface area contributed by atoms with E-state index in [2.05, 4.69) is 14.9 Å². The zero-order valence-corrected chi connectivity index (χ0v) is 16.9. The third-order valence-corrected chi connectivity index (χ3v) is 7.68. The highest BCUT2D eigenvalue weighted by Crippen LogP contribution is 2.35. The molecule has 0 unspecified atom stereocenters. The molecule has 1 fully saturated rings.